The summed E-state index contributed by atoms with van der Waals surface area (Å²) in [7, 11) is 0. The number of fused-ring (bicyclic) bond motifs is 18. The predicted molar refractivity (Wildman–Crippen MR) is 282 cm³/mol. The van der Waals surface area contributed by atoms with Gasteiger partial charge in [0.25, 0.3) is 0 Å². The second kappa shape index (κ2) is 14.0. The van der Waals surface area contributed by atoms with E-state index in [2.05, 4.69) is 252 Å². The third-order valence-electron chi connectivity index (χ3n) is 15.0. The van der Waals surface area contributed by atoms with Crippen LogP contribution in [-0.2, 0) is 5.41 Å². The lowest BCUT2D eigenvalue weighted by atomic mass is 9.70. The summed E-state index contributed by atoms with van der Waals surface area (Å²) < 4.78 is 9.00. The van der Waals surface area contributed by atoms with Crippen molar-refractivity contribution in [2.45, 2.75) is 5.41 Å². The maximum Gasteiger partial charge on any atom is 0.137 e. The summed E-state index contributed by atoms with van der Waals surface area (Å²) in [4.78, 5) is 2.44. The molecule has 2 heterocycles. The normalized spacial score (nSPS) is 13.1. The van der Waals surface area contributed by atoms with Crippen molar-refractivity contribution in [2.75, 3.05) is 4.90 Å². The van der Waals surface area contributed by atoms with Crippen LogP contribution in [0, 0.1) is 0 Å². The molecule has 2 aliphatic rings. The molecule has 316 valence electrons. The highest BCUT2D eigenvalue weighted by Gasteiger charge is 2.51. The molecule has 13 aromatic rings. The molecule has 68 heavy (non-hydrogen) atoms. The molecule has 3 heteroatoms. The van der Waals surface area contributed by atoms with Crippen molar-refractivity contribution in [3.8, 4) is 39.1 Å². The molecular formula is C65H40N2O. The Bertz CT molecular complexity index is 4150. The van der Waals surface area contributed by atoms with Crippen LogP contribution in [0.15, 0.2) is 247 Å². The summed E-state index contributed by atoms with van der Waals surface area (Å²) in [6, 6.07) is 89.3. The van der Waals surface area contributed by atoms with Gasteiger partial charge in [-0.05, 0) is 122 Å². The van der Waals surface area contributed by atoms with Gasteiger partial charge in [-0.1, -0.05) is 182 Å². The molecule has 0 unspecified atom stereocenters. The van der Waals surface area contributed by atoms with Crippen molar-refractivity contribution in [2.24, 2.45) is 0 Å². The number of hydrogen-bond acceptors (Lipinski definition) is 2. The van der Waals surface area contributed by atoms with Crippen molar-refractivity contribution in [1.82, 2.24) is 4.57 Å². The number of para-hydroxylation sites is 2. The molecule has 2 aliphatic carbocycles. The first-order chi connectivity index (χ1) is 33.7. The van der Waals surface area contributed by atoms with Crippen LogP contribution < -0.4 is 4.90 Å². The van der Waals surface area contributed by atoms with E-state index >= 15 is 0 Å². The monoisotopic (exact) mass is 864 g/mol. The molecule has 11 aromatic carbocycles. The summed E-state index contributed by atoms with van der Waals surface area (Å²) in [6.07, 6.45) is 0. The van der Waals surface area contributed by atoms with Gasteiger partial charge in [0.15, 0.2) is 0 Å². The molecule has 0 saturated heterocycles. The van der Waals surface area contributed by atoms with Crippen LogP contribution in [-0.4, -0.2) is 4.57 Å². The topological polar surface area (TPSA) is 21.3 Å². The summed E-state index contributed by atoms with van der Waals surface area (Å²) in [5.74, 6) is 0. The van der Waals surface area contributed by atoms with Crippen molar-refractivity contribution in [3.63, 3.8) is 0 Å². The van der Waals surface area contributed by atoms with E-state index in [-0.39, 0.29) is 0 Å². The molecule has 0 bridgehead atoms. The second-order valence-corrected chi connectivity index (χ2v) is 18.3. The fourth-order valence-electron chi connectivity index (χ4n) is 12.2. The molecule has 0 radical (unpaired) electrons. The molecule has 3 nitrogen and oxygen atoms in total. The van der Waals surface area contributed by atoms with Gasteiger partial charge >= 0.3 is 0 Å². The highest BCUT2D eigenvalue weighted by Crippen LogP contribution is 2.63. The quantitative estimate of drug-likeness (QED) is 0.172. The van der Waals surface area contributed by atoms with Gasteiger partial charge in [0.1, 0.15) is 11.2 Å². The molecule has 1 spiro atoms. The third-order valence-corrected chi connectivity index (χ3v) is 15.0. The average molecular weight is 865 g/mol. The van der Waals surface area contributed by atoms with Crippen molar-refractivity contribution in [1.29, 1.82) is 0 Å². The first-order valence-corrected chi connectivity index (χ1v) is 23.5. The van der Waals surface area contributed by atoms with E-state index in [9.17, 15) is 0 Å². The van der Waals surface area contributed by atoms with Gasteiger partial charge in [-0.25, -0.2) is 0 Å². The molecule has 0 saturated carbocycles. The van der Waals surface area contributed by atoms with Gasteiger partial charge in [0, 0.05) is 38.6 Å². The average Bonchev–Trinajstić information content (AvgIpc) is 4.13. The Hall–Kier alpha value is -8.92. The van der Waals surface area contributed by atoms with E-state index < -0.39 is 5.41 Å². The summed E-state index contributed by atoms with van der Waals surface area (Å²) >= 11 is 0. The second-order valence-electron chi connectivity index (χ2n) is 18.3. The van der Waals surface area contributed by atoms with E-state index in [1.807, 2.05) is 0 Å². The summed E-state index contributed by atoms with van der Waals surface area (Å²) in [5.41, 5.74) is 20.8. The van der Waals surface area contributed by atoms with Crippen LogP contribution in [0.5, 0.6) is 0 Å². The standard InChI is InChI=1S/C65H40N2O/c1-2-16-44(17-3-1)67-60-39-43(32-36-52(60)53-37-31-42-15-4-5-18-47(42)64(53)67)41-29-33-45(34-30-41)66(59-26-14-28-62-63(59)54-22-9-13-27-61(54)68-62)46-35-38-51-50-21-8-12-25-57(50)65(58(51)40-46)55-23-10-6-19-48(55)49-20-7-11-24-56(49)65/h1-40H. The maximum absolute atomic E-state index is 6.56. The zero-order chi connectivity index (χ0) is 44.5. The number of rotatable bonds is 5. The van der Waals surface area contributed by atoms with Gasteiger partial charge < -0.3 is 13.9 Å². The molecule has 0 amide bonds. The fraction of sp³-hybridized carbons (Fsp3) is 0.0154. The van der Waals surface area contributed by atoms with Crippen LogP contribution in [0.3, 0.4) is 0 Å². The minimum atomic E-state index is -0.466. The Morgan fingerprint density at radius 3 is 1.71 bits per heavy atom. The largest absolute Gasteiger partial charge is 0.456 e. The molecular weight excluding hydrogens is 825 g/mol. The van der Waals surface area contributed by atoms with Crippen LogP contribution in [0.4, 0.5) is 17.1 Å². The van der Waals surface area contributed by atoms with E-state index in [0.29, 0.717) is 0 Å². The van der Waals surface area contributed by atoms with Crippen LogP contribution in [0.1, 0.15) is 22.3 Å². The van der Waals surface area contributed by atoms with E-state index in [1.165, 1.54) is 82.6 Å². The zero-order valence-electron chi connectivity index (χ0n) is 36.9. The molecule has 0 atom stereocenters. The summed E-state index contributed by atoms with van der Waals surface area (Å²) in [5, 5.41) is 7.17. The Kier molecular flexibility index (Phi) is 7.71. The summed E-state index contributed by atoms with van der Waals surface area (Å²) in [6.45, 7) is 0. The maximum atomic E-state index is 6.56. The highest BCUT2D eigenvalue weighted by molar-refractivity contribution is 6.19. The predicted octanol–water partition coefficient (Wildman–Crippen LogP) is 17.3. The lowest BCUT2D eigenvalue weighted by molar-refractivity contribution is 0.669. The number of nitrogens with zero attached hydrogens (tertiary/aromatic N) is 2. The van der Waals surface area contributed by atoms with E-state index in [0.717, 1.165) is 50.3 Å². The van der Waals surface area contributed by atoms with Crippen molar-refractivity contribution >= 4 is 71.6 Å². The number of anilines is 3. The number of furan rings is 1. The van der Waals surface area contributed by atoms with Crippen molar-refractivity contribution in [3.05, 3.63) is 265 Å². The first kappa shape index (κ1) is 37.3. The molecule has 0 aliphatic heterocycles. The zero-order valence-corrected chi connectivity index (χ0v) is 36.9. The van der Waals surface area contributed by atoms with Gasteiger partial charge in [0.2, 0.25) is 0 Å². The first-order valence-electron chi connectivity index (χ1n) is 23.5. The fourth-order valence-corrected chi connectivity index (χ4v) is 12.2. The van der Waals surface area contributed by atoms with Gasteiger partial charge in [-0.2, -0.15) is 0 Å². The Labute approximate surface area is 393 Å². The molecule has 2 aromatic heterocycles. The van der Waals surface area contributed by atoms with Gasteiger partial charge in [-0.15, -0.1) is 0 Å². The minimum absolute atomic E-state index is 0.466. The molecule has 0 N–H and O–H groups in total. The van der Waals surface area contributed by atoms with Gasteiger partial charge in [0.05, 0.1) is 27.5 Å². The number of aromatic nitrogens is 1. The smallest absolute Gasteiger partial charge is 0.137 e. The highest BCUT2D eigenvalue weighted by atomic mass is 16.3. The Morgan fingerprint density at radius 2 is 0.956 bits per heavy atom. The Morgan fingerprint density at radius 1 is 0.368 bits per heavy atom. The lowest BCUT2D eigenvalue weighted by Gasteiger charge is -2.32. The van der Waals surface area contributed by atoms with Crippen LogP contribution >= 0.6 is 0 Å². The molecule has 15 rings (SSSR count). The minimum Gasteiger partial charge on any atom is -0.456 e. The lowest BCUT2D eigenvalue weighted by Crippen LogP contribution is -2.26. The van der Waals surface area contributed by atoms with Crippen LogP contribution in [0.25, 0.3) is 93.6 Å². The van der Waals surface area contributed by atoms with E-state index in [4.69, 9.17) is 4.42 Å². The third kappa shape index (κ3) is 5.02. The number of hydrogen-bond donors (Lipinski definition) is 0. The Balaban J connectivity index is 0.940. The van der Waals surface area contributed by atoms with Crippen molar-refractivity contribution < 1.29 is 4.42 Å². The van der Waals surface area contributed by atoms with E-state index in [1.54, 1.807) is 0 Å². The SMILES string of the molecule is c1ccc(-n2c3cc(-c4ccc(N(c5ccc6c(c5)C5(c7ccccc7-c7ccccc75)c5ccccc5-6)c5cccc6oc7ccccc7c56)cc4)ccc3c3ccc4ccccc4c32)cc1. The molecule has 0 fully saturated rings. The number of benzene rings is 11. The van der Waals surface area contributed by atoms with Gasteiger partial charge in [-0.3, -0.25) is 0 Å². The van der Waals surface area contributed by atoms with Crippen LogP contribution in [0.2, 0.25) is 0 Å².